The lowest BCUT2D eigenvalue weighted by molar-refractivity contribution is 0.0984. The number of carbonyl (C=O) groups is 1. The average Bonchev–Trinajstić information content (AvgIpc) is 2.20. The molecule has 0 heterocycles. The molecular formula is C11H14BrNO2. The van der Waals surface area contributed by atoms with Crippen LogP contribution < -0.4 is 5.73 Å². The Kier molecular flexibility index (Phi) is 3.88. The highest BCUT2D eigenvalue weighted by molar-refractivity contribution is 9.10. The number of hydrogen-bond acceptors (Lipinski definition) is 3. The molecule has 1 aromatic carbocycles. The molecule has 0 aliphatic heterocycles. The zero-order valence-corrected chi connectivity index (χ0v) is 10.4. The maximum atomic E-state index is 11.7. The van der Waals surface area contributed by atoms with Crippen LogP contribution in [-0.4, -0.2) is 17.4 Å². The van der Waals surface area contributed by atoms with Gasteiger partial charge in [0, 0.05) is 12.0 Å². The first-order valence-electron chi connectivity index (χ1n) is 4.71. The van der Waals surface area contributed by atoms with Gasteiger partial charge in [-0.05, 0) is 53.5 Å². The maximum absolute atomic E-state index is 11.7. The van der Waals surface area contributed by atoms with Gasteiger partial charge < -0.3 is 10.8 Å². The maximum Gasteiger partial charge on any atom is 0.164 e. The van der Waals surface area contributed by atoms with E-state index in [1.165, 1.54) is 0 Å². The number of halogens is 1. The number of Topliss-reactive ketones (excluding diaryl/α,β-unsaturated/α-hetero) is 1. The number of hydrogen-bond donors (Lipinski definition) is 2. The van der Waals surface area contributed by atoms with Gasteiger partial charge in [-0.1, -0.05) is 0 Å². The molecule has 0 aliphatic rings. The van der Waals surface area contributed by atoms with Crippen LogP contribution in [0.4, 0.5) is 0 Å². The number of aromatic hydroxyl groups is 1. The van der Waals surface area contributed by atoms with Gasteiger partial charge in [-0.25, -0.2) is 0 Å². The van der Waals surface area contributed by atoms with E-state index in [4.69, 9.17) is 5.73 Å². The van der Waals surface area contributed by atoms with Gasteiger partial charge >= 0.3 is 0 Å². The fourth-order valence-electron chi connectivity index (χ4n) is 1.42. The number of phenols is 1. The largest absolute Gasteiger partial charge is 0.506 e. The molecule has 4 heteroatoms. The Balaban J connectivity index is 3.26. The zero-order valence-electron chi connectivity index (χ0n) is 8.80. The second kappa shape index (κ2) is 4.77. The summed E-state index contributed by atoms with van der Waals surface area (Å²) in [6.07, 6.45) is 0.331. The molecule has 3 nitrogen and oxygen atoms in total. The van der Waals surface area contributed by atoms with Crippen LogP contribution in [0.5, 0.6) is 5.75 Å². The molecule has 3 N–H and O–H groups in total. The first-order valence-corrected chi connectivity index (χ1v) is 5.50. The van der Waals surface area contributed by atoms with Gasteiger partial charge in [-0.2, -0.15) is 0 Å². The number of phenolic OH excluding ortho intramolecular Hbond substituents is 1. The monoisotopic (exact) mass is 271 g/mol. The minimum atomic E-state index is 0.0128. The van der Waals surface area contributed by atoms with E-state index >= 15 is 0 Å². The lowest BCUT2D eigenvalue weighted by Crippen LogP contribution is -2.10. The van der Waals surface area contributed by atoms with E-state index < -0.39 is 0 Å². The Morgan fingerprint density at radius 3 is 2.67 bits per heavy atom. The highest BCUT2D eigenvalue weighted by atomic mass is 79.9. The van der Waals surface area contributed by atoms with Gasteiger partial charge in [0.1, 0.15) is 5.75 Å². The predicted octanol–water partition coefficient (Wildman–Crippen LogP) is 2.30. The van der Waals surface area contributed by atoms with Gasteiger partial charge in [0.25, 0.3) is 0 Å². The molecule has 1 aromatic rings. The minimum absolute atomic E-state index is 0.0128. The van der Waals surface area contributed by atoms with Gasteiger partial charge in [-0.3, -0.25) is 4.79 Å². The Hall–Kier alpha value is -0.870. The summed E-state index contributed by atoms with van der Waals surface area (Å²) in [7, 11) is 0. The van der Waals surface area contributed by atoms with Crippen molar-refractivity contribution in [1.82, 2.24) is 0 Å². The summed E-state index contributed by atoms with van der Waals surface area (Å²) >= 11 is 3.27. The highest BCUT2D eigenvalue weighted by Crippen LogP contribution is 2.33. The molecule has 1 rings (SSSR count). The summed E-state index contributed by atoms with van der Waals surface area (Å²) in [6.45, 7) is 3.90. The summed E-state index contributed by atoms with van der Waals surface area (Å²) in [4.78, 5) is 11.7. The van der Waals surface area contributed by atoms with Crippen LogP contribution in [0.1, 0.15) is 27.9 Å². The first-order chi connectivity index (χ1) is 6.99. The first kappa shape index (κ1) is 12.2. The lowest BCUT2D eigenvalue weighted by atomic mass is 9.99. The number of ketones is 1. The molecular weight excluding hydrogens is 258 g/mol. The van der Waals surface area contributed by atoms with E-state index in [1.54, 1.807) is 19.9 Å². The number of carbonyl (C=O) groups excluding carboxylic acids is 1. The van der Waals surface area contributed by atoms with Crippen molar-refractivity contribution in [3.63, 3.8) is 0 Å². The summed E-state index contributed by atoms with van der Waals surface area (Å²) in [6, 6.07) is 1.70. The normalized spacial score (nSPS) is 10.4. The Labute approximate surface area is 97.4 Å². The third-order valence-electron chi connectivity index (χ3n) is 2.35. The van der Waals surface area contributed by atoms with E-state index in [0.717, 1.165) is 5.56 Å². The smallest absolute Gasteiger partial charge is 0.164 e. The van der Waals surface area contributed by atoms with Crippen molar-refractivity contribution >= 4 is 21.7 Å². The van der Waals surface area contributed by atoms with Gasteiger partial charge in [0.2, 0.25) is 0 Å². The average molecular weight is 272 g/mol. The molecule has 0 spiro atoms. The second-order valence-corrected chi connectivity index (χ2v) is 4.28. The topological polar surface area (TPSA) is 63.3 Å². The predicted molar refractivity (Wildman–Crippen MR) is 63.3 cm³/mol. The van der Waals surface area contributed by atoms with Crippen LogP contribution >= 0.6 is 15.9 Å². The molecule has 0 fully saturated rings. The van der Waals surface area contributed by atoms with Crippen molar-refractivity contribution in [3.05, 3.63) is 27.2 Å². The van der Waals surface area contributed by atoms with Crippen LogP contribution in [0.2, 0.25) is 0 Å². The molecule has 0 atom stereocenters. The fraction of sp³-hybridized carbons (Fsp3) is 0.364. The number of aryl methyl sites for hydroxylation is 1. The van der Waals surface area contributed by atoms with Crippen molar-refractivity contribution in [2.24, 2.45) is 5.73 Å². The van der Waals surface area contributed by atoms with Crippen LogP contribution in [0.25, 0.3) is 0 Å². The van der Waals surface area contributed by atoms with Crippen LogP contribution in [0.3, 0.4) is 0 Å². The third-order valence-corrected chi connectivity index (χ3v) is 3.32. The highest BCUT2D eigenvalue weighted by Gasteiger charge is 2.15. The standard InChI is InChI=1S/C11H14BrNO2/c1-6-5-8(9(14)3-4-13)7(2)10(12)11(6)15/h5,15H,3-4,13H2,1-2H3. The minimum Gasteiger partial charge on any atom is -0.506 e. The van der Waals surface area contributed by atoms with Crippen molar-refractivity contribution in [2.75, 3.05) is 6.54 Å². The van der Waals surface area contributed by atoms with Crippen LogP contribution in [-0.2, 0) is 0 Å². The van der Waals surface area contributed by atoms with Crippen LogP contribution in [0.15, 0.2) is 10.5 Å². The third kappa shape index (κ3) is 2.38. The molecule has 0 amide bonds. The Morgan fingerprint density at radius 1 is 1.53 bits per heavy atom. The Bertz CT molecular complexity index is 402. The molecule has 0 bridgehead atoms. The molecule has 0 radical (unpaired) electrons. The molecule has 0 aliphatic carbocycles. The SMILES string of the molecule is Cc1cc(C(=O)CCN)c(C)c(Br)c1O. The quantitative estimate of drug-likeness (QED) is 0.830. The molecule has 0 saturated carbocycles. The van der Waals surface area contributed by atoms with Gasteiger partial charge in [0.05, 0.1) is 4.47 Å². The summed E-state index contributed by atoms with van der Waals surface area (Å²) in [5.74, 6) is 0.204. The number of nitrogens with two attached hydrogens (primary N) is 1. The fourth-order valence-corrected chi connectivity index (χ4v) is 1.94. The van der Waals surface area contributed by atoms with Crippen molar-refractivity contribution < 1.29 is 9.90 Å². The van der Waals surface area contributed by atoms with Gasteiger partial charge in [-0.15, -0.1) is 0 Å². The molecule has 0 unspecified atom stereocenters. The lowest BCUT2D eigenvalue weighted by Gasteiger charge is -2.10. The molecule has 82 valence electrons. The van der Waals surface area contributed by atoms with E-state index in [1.807, 2.05) is 0 Å². The van der Waals surface area contributed by atoms with E-state index in [2.05, 4.69) is 15.9 Å². The molecule has 15 heavy (non-hydrogen) atoms. The number of rotatable bonds is 3. The molecule has 0 saturated heterocycles. The number of benzene rings is 1. The zero-order chi connectivity index (χ0) is 11.6. The summed E-state index contributed by atoms with van der Waals surface area (Å²) < 4.78 is 0.586. The van der Waals surface area contributed by atoms with E-state index in [0.29, 0.717) is 28.6 Å². The van der Waals surface area contributed by atoms with Crippen LogP contribution in [0, 0.1) is 13.8 Å². The summed E-state index contributed by atoms with van der Waals surface area (Å²) in [5, 5.41) is 9.64. The van der Waals surface area contributed by atoms with E-state index in [9.17, 15) is 9.90 Å². The van der Waals surface area contributed by atoms with E-state index in [-0.39, 0.29) is 11.5 Å². The molecule has 0 aromatic heterocycles. The Morgan fingerprint density at radius 2 is 2.13 bits per heavy atom. The summed E-state index contributed by atoms with van der Waals surface area (Å²) in [5.41, 5.74) is 7.42. The second-order valence-electron chi connectivity index (χ2n) is 3.49. The van der Waals surface area contributed by atoms with Gasteiger partial charge in [0.15, 0.2) is 5.78 Å². The van der Waals surface area contributed by atoms with Crippen molar-refractivity contribution in [1.29, 1.82) is 0 Å². The van der Waals surface area contributed by atoms with Crippen molar-refractivity contribution in [3.8, 4) is 5.75 Å². The van der Waals surface area contributed by atoms with Crippen molar-refractivity contribution in [2.45, 2.75) is 20.3 Å².